The maximum absolute atomic E-state index is 7.00. The Hall–Kier alpha value is -0.0151. The molecule has 0 fully saturated rings. The molecule has 0 heterocycles. The van der Waals surface area contributed by atoms with E-state index >= 15 is 0 Å². The van der Waals surface area contributed by atoms with Crippen molar-refractivity contribution < 1.29 is 10.0 Å². The highest BCUT2D eigenvalue weighted by atomic mass is 16.4. The molecule has 0 aromatic carbocycles. The fraction of sp³-hybridized carbons (Fsp3) is 1.00. The molecule has 2 nitrogen and oxygen atoms in total. The van der Waals surface area contributed by atoms with E-state index in [9.17, 15) is 0 Å². The molecule has 0 atom stereocenters. The third-order valence-electron chi connectivity index (χ3n) is 0.957. The van der Waals surface area contributed by atoms with Crippen LogP contribution in [0.5, 0.6) is 0 Å². The first-order valence-corrected chi connectivity index (χ1v) is 3.43. The van der Waals surface area contributed by atoms with Crippen LogP contribution in [0.25, 0.3) is 0 Å². The molecule has 0 spiro atoms. The van der Waals surface area contributed by atoms with Gasteiger partial charge in [-0.2, -0.15) is 0 Å². The highest BCUT2D eigenvalue weighted by Crippen LogP contribution is 1.95. The Balaban J connectivity index is 0. The van der Waals surface area contributed by atoms with Crippen LogP contribution in [0.1, 0.15) is 39.5 Å². The van der Waals surface area contributed by atoms with Crippen LogP contribution < -0.4 is 0 Å². The Morgan fingerprint density at radius 3 is 1.33 bits per heavy atom. The van der Waals surface area contributed by atoms with Crippen LogP contribution in [0, 0.1) is 0 Å². The van der Waals surface area contributed by atoms with E-state index in [2.05, 4.69) is 13.8 Å². The first-order chi connectivity index (χ1) is 4.33. The van der Waals surface area contributed by atoms with Gasteiger partial charge in [-0.05, 0) is 0 Å². The van der Waals surface area contributed by atoms with Gasteiger partial charge in [-0.3, -0.25) is 0 Å². The number of hydrogen-bond acceptors (Lipinski definition) is 2. The average Bonchev–Trinajstić information content (AvgIpc) is 1.86. The van der Waals surface area contributed by atoms with Crippen molar-refractivity contribution in [1.82, 2.24) is 0 Å². The summed E-state index contributed by atoms with van der Waals surface area (Å²) in [6.07, 6.45) is 5.54. The van der Waals surface area contributed by atoms with Crippen molar-refractivity contribution in [3.05, 3.63) is 0 Å². The first kappa shape index (κ1) is 11.7. The zero-order chi connectivity index (χ0) is 7.54. The van der Waals surface area contributed by atoms with Crippen molar-refractivity contribution in [2.75, 3.05) is 0 Å². The molecular formula is C6H16BO2. The molecular weight excluding hydrogens is 115 g/mol. The first-order valence-electron chi connectivity index (χ1n) is 3.43. The molecule has 0 rings (SSSR count). The van der Waals surface area contributed by atoms with Crippen LogP contribution in [0.2, 0.25) is 0 Å². The molecule has 0 bridgehead atoms. The molecule has 0 unspecified atom stereocenters. The van der Waals surface area contributed by atoms with Crippen molar-refractivity contribution in [3.8, 4) is 0 Å². The number of hydrogen-bond donors (Lipinski definition) is 2. The standard InChI is InChI=1S/C6H14.BH2O2/c1-3-5-6-4-2;2-1-3/h3-6H2,1-2H3;2-3H. The molecule has 0 aliphatic heterocycles. The lowest BCUT2D eigenvalue weighted by Gasteiger charge is -1.86. The van der Waals surface area contributed by atoms with Crippen LogP contribution >= 0.6 is 0 Å². The fourth-order valence-electron chi connectivity index (χ4n) is 0.500. The summed E-state index contributed by atoms with van der Waals surface area (Å²) in [5, 5.41) is 14.0. The Morgan fingerprint density at radius 2 is 1.22 bits per heavy atom. The van der Waals surface area contributed by atoms with E-state index in [-0.39, 0.29) is 7.69 Å². The summed E-state index contributed by atoms with van der Waals surface area (Å²) in [5.74, 6) is 0. The van der Waals surface area contributed by atoms with Crippen LogP contribution in [-0.4, -0.2) is 17.7 Å². The topological polar surface area (TPSA) is 40.5 Å². The molecule has 0 aliphatic carbocycles. The Bertz CT molecular complexity index is 30.2. The van der Waals surface area contributed by atoms with Gasteiger partial charge < -0.3 is 10.0 Å². The average molecular weight is 131 g/mol. The smallest absolute Gasteiger partial charge is 0.429 e. The Morgan fingerprint density at radius 1 is 1.00 bits per heavy atom. The lowest BCUT2D eigenvalue weighted by Crippen LogP contribution is -1.75. The molecule has 55 valence electrons. The molecule has 2 N–H and O–H groups in total. The quantitative estimate of drug-likeness (QED) is 0.444. The van der Waals surface area contributed by atoms with E-state index in [4.69, 9.17) is 10.0 Å². The number of unbranched alkanes of at least 4 members (excludes halogenated alkanes) is 3. The Kier molecular flexibility index (Phi) is 20.5. The monoisotopic (exact) mass is 131 g/mol. The summed E-state index contributed by atoms with van der Waals surface area (Å²) in [6.45, 7) is 4.46. The normalized spacial score (nSPS) is 7.56. The van der Waals surface area contributed by atoms with Gasteiger partial charge in [0.05, 0.1) is 0 Å². The molecule has 0 aromatic heterocycles. The van der Waals surface area contributed by atoms with Gasteiger partial charge in [-0.15, -0.1) is 0 Å². The van der Waals surface area contributed by atoms with Crippen LogP contribution in [0.15, 0.2) is 0 Å². The summed E-state index contributed by atoms with van der Waals surface area (Å²) >= 11 is 0. The SMILES string of the molecule is CCCCCC.O[B]O. The van der Waals surface area contributed by atoms with Crippen LogP contribution in [0.3, 0.4) is 0 Å². The van der Waals surface area contributed by atoms with E-state index in [0.29, 0.717) is 0 Å². The predicted octanol–water partition coefficient (Wildman–Crippen LogP) is 1.09. The van der Waals surface area contributed by atoms with E-state index in [1.165, 1.54) is 25.7 Å². The lowest BCUT2D eigenvalue weighted by atomic mass is 10.2. The molecule has 0 aliphatic rings. The van der Waals surface area contributed by atoms with Crippen LogP contribution in [0.4, 0.5) is 0 Å². The highest BCUT2D eigenvalue weighted by molar-refractivity contribution is 6.13. The maximum Gasteiger partial charge on any atom is 0.482 e. The summed E-state index contributed by atoms with van der Waals surface area (Å²) in [4.78, 5) is 0. The van der Waals surface area contributed by atoms with Gasteiger partial charge in [0, 0.05) is 0 Å². The second-order valence-corrected chi connectivity index (χ2v) is 1.82. The van der Waals surface area contributed by atoms with Crippen molar-refractivity contribution in [3.63, 3.8) is 0 Å². The minimum Gasteiger partial charge on any atom is -0.429 e. The third-order valence-corrected chi connectivity index (χ3v) is 0.957. The van der Waals surface area contributed by atoms with Gasteiger partial charge in [-0.1, -0.05) is 39.5 Å². The second kappa shape index (κ2) is 15.7. The second-order valence-electron chi connectivity index (χ2n) is 1.82. The highest BCUT2D eigenvalue weighted by Gasteiger charge is 1.75. The summed E-state index contributed by atoms with van der Waals surface area (Å²) in [7, 11) is 0. The largest absolute Gasteiger partial charge is 0.482 e. The third kappa shape index (κ3) is 32.1. The van der Waals surface area contributed by atoms with E-state index in [1.807, 2.05) is 0 Å². The minimum atomic E-state index is 0. The molecule has 3 heteroatoms. The van der Waals surface area contributed by atoms with Gasteiger partial charge in [0.15, 0.2) is 0 Å². The molecule has 0 saturated heterocycles. The summed E-state index contributed by atoms with van der Waals surface area (Å²) in [5.41, 5.74) is 0. The van der Waals surface area contributed by atoms with Gasteiger partial charge in [0.25, 0.3) is 0 Å². The van der Waals surface area contributed by atoms with E-state index in [0.717, 1.165) is 0 Å². The van der Waals surface area contributed by atoms with Gasteiger partial charge >= 0.3 is 7.69 Å². The van der Waals surface area contributed by atoms with Crippen molar-refractivity contribution in [2.24, 2.45) is 0 Å². The number of rotatable bonds is 3. The van der Waals surface area contributed by atoms with E-state index < -0.39 is 0 Å². The zero-order valence-corrected chi connectivity index (χ0v) is 6.30. The fourth-order valence-corrected chi connectivity index (χ4v) is 0.500. The maximum atomic E-state index is 7.00. The van der Waals surface area contributed by atoms with Crippen molar-refractivity contribution in [2.45, 2.75) is 39.5 Å². The molecule has 0 aromatic rings. The van der Waals surface area contributed by atoms with E-state index in [1.54, 1.807) is 0 Å². The minimum absolute atomic E-state index is 0. The van der Waals surface area contributed by atoms with Crippen molar-refractivity contribution in [1.29, 1.82) is 0 Å². The van der Waals surface area contributed by atoms with Gasteiger partial charge in [0.2, 0.25) is 0 Å². The zero-order valence-electron chi connectivity index (χ0n) is 6.30. The molecule has 9 heavy (non-hydrogen) atoms. The molecule has 1 radical (unpaired) electrons. The predicted molar refractivity (Wildman–Crippen MR) is 40.0 cm³/mol. The van der Waals surface area contributed by atoms with Crippen molar-refractivity contribution >= 4 is 7.69 Å². The molecule has 0 saturated carbocycles. The molecule has 0 amide bonds. The summed E-state index contributed by atoms with van der Waals surface area (Å²) in [6, 6.07) is 0. The lowest BCUT2D eigenvalue weighted by molar-refractivity contribution is 0.448. The summed E-state index contributed by atoms with van der Waals surface area (Å²) < 4.78 is 0. The van der Waals surface area contributed by atoms with Crippen LogP contribution in [-0.2, 0) is 0 Å². The Labute approximate surface area is 58.2 Å². The van der Waals surface area contributed by atoms with Gasteiger partial charge in [-0.25, -0.2) is 0 Å². The van der Waals surface area contributed by atoms with Gasteiger partial charge in [0.1, 0.15) is 0 Å².